The Morgan fingerprint density at radius 3 is 2.27 bits per heavy atom. The Morgan fingerprint density at radius 2 is 1.49 bits per heavy atom. The van der Waals surface area contributed by atoms with Crippen molar-refractivity contribution < 1.29 is 28.7 Å². The maximum Gasteiger partial charge on any atom is 0.339 e. The minimum atomic E-state index is -1.63. The Morgan fingerprint density at radius 1 is 0.811 bits per heavy atom. The average molecular weight is 491 g/mol. The summed E-state index contributed by atoms with van der Waals surface area (Å²) in [6, 6.07) is 25.1. The normalized spacial score (nSPS) is 14.9. The number of hydrogen-bond acceptors (Lipinski definition) is 6. The van der Waals surface area contributed by atoms with Crippen LogP contribution in [-0.2, 0) is 14.3 Å². The van der Waals surface area contributed by atoms with Gasteiger partial charge in [0, 0.05) is 16.7 Å². The van der Waals surface area contributed by atoms with Gasteiger partial charge in [-0.05, 0) is 42.0 Å². The summed E-state index contributed by atoms with van der Waals surface area (Å²) in [5, 5.41) is 4.15. The average Bonchev–Trinajstić information content (AvgIpc) is 3.24. The van der Waals surface area contributed by atoms with Crippen LogP contribution in [0.3, 0.4) is 0 Å². The van der Waals surface area contributed by atoms with Crippen LogP contribution in [0.2, 0.25) is 0 Å². The second-order valence-corrected chi connectivity index (χ2v) is 8.74. The molecule has 0 saturated carbocycles. The second kappa shape index (κ2) is 9.62. The number of esters is 1. The summed E-state index contributed by atoms with van der Waals surface area (Å²) in [7, 11) is 0. The minimum Gasteiger partial charge on any atom is -0.453 e. The SMILES string of the molecule is CC(=O)c1ccccc1NC(=O)C(=O)[C@@H](C(=O)c1ccc2ccccc2c1)[C@@H]1OC(=O)c2ccccc21. The lowest BCUT2D eigenvalue weighted by molar-refractivity contribution is -0.138. The molecule has 0 fully saturated rings. The van der Waals surface area contributed by atoms with Gasteiger partial charge in [-0.1, -0.05) is 66.7 Å². The van der Waals surface area contributed by atoms with Crippen LogP contribution in [0, 0.1) is 5.92 Å². The van der Waals surface area contributed by atoms with Crippen molar-refractivity contribution in [2.24, 2.45) is 5.92 Å². The van der Waals surface area contributed by atoms with Gasteiger partial charge < -0.3 is 10.1 Å². The number of Topliss-reactive ketones (excluding diaryl/α,β-unsaturated/α-hetero) is 3. The number of hydrogen-bond donors (Lipinski definition) is 1. The predicted octanol–water partition coefficient (Wildman–Crippen LogP) is 4.96. The van der Waals surface area contributed by atoms with E-state index in [9.17, 15) is 24.0 Å². The van der Waals surface area contributed by atoms with E-state index in [0.717, 1.165) is 10.8 Å². The molecule has 4 aromatic rings. The molecule has 182 valence electrons. The summed E-state index contributed by atoms with van der Waals surface area (Å²) >= 11 is 0. The number of amides is 1. The van der Waals surface area contributed by atoms with Gasteiger partial charge >= 0.3 is 5.97 Å². The van der Waals surface area contributed by atoms with Gasteiger partial charge in [-0.3, -0.25) is 19.2 Å². The van der Waals surface area contributed by atoms with Crippen molar-refractivity contribution in [3.63, 3.8) is 0 Å². The van der Waals surface area contributed by atoms with E-state index >= 15 is 0 Å². The van der Waals surface area contributed by atoms with Crippen molar-refractivity contribution >= 4 is 45.7 Å². The number of benzene rings is 4. The molecule has 2 atom stereocenters. The molecule has 1 amide bonds. The third-order valence-electron chi connectivity index (χ3n) is 6.40. The number of carbonyl (C=O) groups is 5. The molecule has 7 heteroatoms. The lowest BCUT2D eigenvalue weighted by Gasteiger charge is -2.21. The molecule has 0 saturated heterocycles. The van der Waals surface area contributed by atoms with Gasteiger partial charge in [-0.2, -0.15) is 0 Å². The van der Waals surface area contributed by atoms with Crippen LogP contribution >= 0.6 is 0 Å². The lowest BCUT2D eigenvalue weighted by atomic mass is 9.84. The first-order valence-electron chi connectivity index (χ1n) is 11.6. The maximum atomic E-state index is 13.8. The fraction of sp³-hybridized carbons (Fsp3) is 0.100. The maximum absolute atomic E-state index is 13.8. The highest BCUT2D eigenvalue weighted by molar-refractivity contribution is 6.45. The molecule has 0 spiro atoms. The van der Waals surface area contributed by atoms with Crippen LogP contribution in [-0.4, -0.2) is 29.2 Å². The van der Waals surface area contributed by atoms with Crippen LogP contribution in [0.5, 0.6) is 0 Å². The zero-order valence-electron chi connectivity index (χ0n) is 19.8. The summed E-state index contributed by atoms with van der Waals surface area (Å²) in [4.78, 5) is 65.1. The molecule has 0 unspecified atom stereocenters. The van der Waals surface area contributed by atoms with Gasteiger partial charge in [0.25, 0.3) is 5.91 Å². The van der Waals surface area contributed by atoms with Crippen molar-refractivity contribution in [3.05, 3.63) is 113 Å². The summed E-state index contributed by atoms with van der Waals surface area (Å²) < 4.78 is 5.49. The fourth-order valence-electron chi connectivity index (χ4n) is 4.56. The van der Waals surface area contributed by atoms with Crippen molar-refractivity contribution in [2.75, 3.05) is 5.32 Å². The number of rotatable bonds is 7. The summed E-state index contributed by atoms with van der Waals surface area (Å²) in [5.74, 6) is -5.42. The van der Waals surface area contributed by atoms with Crippen molar-refractivity contribution in [1.82, 2.24) is 0 Å². The fourth-order valence-corrected chi connectivity index (χ4v) is 4.56. The number of carbonyl (C=O) groups excluding carboxylic acids is 5. The largest absolute Gasteiger partial charge is 0.453 e. The molecule has 5 rings (SSSR count). The molecule has 1 N–H and O–H groups in total. The number of para-hydroxylation sites is 1. The first-order valence-corrected chi connectivity index (χ1v) is 11.6. The topological polar surface area (TPSA) is 107 Å². The van der Waals surface area contributed by atoms with Crippen molar-refractivity contribution in [1.29, 1.82) is 0 Å². The van der Waals surface area contributed by atoms with E-state index in [1.54, 1.807) is 54.6 Å². The van der Waals surface area contributed by atoms with Crippen LogP contribution in [0.15, 0.2) is 91.0 Å². The molecule has 1 heterocycles. The second-order valence-electron chi connectivity index (χ2n) is 8.74. The smallest absolute Gasteiger partial charge is 0.339 e. The lowest BCUT2D eigenvalue weighted by Crippen LogP contribution is -2.38. The molecule has 7 nitrogen and oxygen atoms in total. The highest BCUT2D eigenvalue weighted by Gasteiger charge is 2.46. The Bertz CT molecular complexity index is 1600. The molecule has 1 aliphatic heterocycles. The summed E-state index contributed by atoms with van der Waals surface area (Å²) in [6.45, 7) is 1.34. The van der Waals surface area contributed by atoms with Crippen LogP contribution in [0.1, 0.15) is 49.7 Å². The number of cyclic esters (lactones) is 1. The third-order valence-corrected chi connectivity index (χ3v) is 6.40. The van der Waals surface area contributed by atoms with E-state index in [4.69, 9.17) is 4.74 Å². The molecular weight excluding hydrogens is 470 g/mol. The molecule has 0 aromatic heterocycles. The number of ketones is 3. The first kappa shape index (κ1) is 23.8. The van der Waals surface area contributed by atoms with E-state index < -0.39 is 35.5 Å². The van der Waals surface area contributed by atoms with Gasteiger partial charge in [0.1, 0.15) is 12.0 Å². The minimum absolute atomic E-state index is 0.147. The van der Waals surface area contributed by atoms with Crippen molar-refractivity contribution in [3.8, 4) is 0 Å². The highest BCUT2D eigenvalue weighted by atomic mass is 16.5. The van der Waals surface area contributed by atoms with Crippen molar-refractivity contribution in [2.45, 2.75) is 13.0 Å². The molecule has 0 aliphatic carbocycles. The Labute approximate surface area is 212 Å². The third kappa shape index (κ3) is 4.43. The monoisotopic (exact) mass is 491 g/mol. The highest BCUT2D eigenvalue weighted by Crippen LogP contribution is 2.38. The zero-order valence-corrected chi connectivity index (χ0v) is 19.8. The van der Waals surface area contributed by atoms with Crippen LogP contribution in [0.4, 0.5) is 5.69 Å². The molecular formula is C30H21NO6. The number of anilines is 1. The summed E-state index contributed by atoms with van der Waals surface area (Å²) in [5.41, 5.74) is 1.16. The number of fused-ring (bicyclic) bond motifs is 2. The van der Waals surface area contributed by atoms with Gasteiger partial charge in [0.2, 0.25) is 5.78 Å². The van der Waals surface area contributed by atoms with E-state index in [-0.39, 0.29) is 28.2 Å². The molecule has 37 heavy (non-hydrogen) atoms. The number of ether oxygens (including phenoxy) is 1. The molecule has 1 aliphatic rings. The molecule has 0 bridgehead atoms. The Balaban J connectivity index is 1.55. The van der Waals surface area contributed by atoms with Crippen LogP contribution < -0.4 is 5.32 Å². The van der Waals surface area contributed by atoms with E-state index in [2.05, 4.69) is 5.32 Å². The Kier molecular flexibility index (Phi) is 6.19. The van der Waals surface area contributed by atoms with Gasteiger partial charge in [-0.25, -0.2) is 4.79 Å². The number of nitrogens with one attached hydrogen (secondary N) is 1. The van der Waals surface area contributed by atoms with E-state index in [1.165, 1.54) is 19.1 Å². The standard InChI is InChI=1S/C30H21NO6/c1-17(32)21-10-6-7-13-24(21)31-29(35)27(34)25(28-22-11-4-5-12-23(22)30(36)37-28)26(33)20-15-14-18-8-2-3-9-19(18)16-20/h2-16,25,28H,1H3,(H,31,35)/t25-,28-/m1/s1. The Hall–Kier alpha value is -4.91. The van der Waals surface area contributed by atoms with Gasteiger partial charge in [0.05, 0.1) is 11.3 Å². The zero-order chi connectivity index (χ0) is 26.1. The van der Waals surface area contributed by atoms with Crippen LogP contribution in [0.25, 0.3) is 10.8 Å². The quantitative estimate of drug-likeness (QED) is 0.169. The molecule has 4 aromatic carbocycles. The van der Waals surface area contributed by atoms with E-state index in [1.807, 2.05) is 24.3 Å². The predicted molar refractivity (Wildman–Crippen MR) is 136 cm³/mol. The van der Waals surface area contributed by atoms with Gasteiger partial charge in [-0.15, -0.1) is 0 Å². The summed E-state index contributed by atoms with van der Waals surface area (Å²) in [6.07, 6.45) is -1.27. The van der Waals surface area contributed by atoms with E-state index in [0.29, 0.717) is 5.56 Å². The molecule has 0 radical (unpaired) electrons. The first-order chi connectivity index (χ1) is 17.8. The van der Waals surface area contributed by atoms with Gasteiger partial charge in [0.15, 0.2) is 11.6 Å².